The Labute approximate surface area is 188 Å². The molecule has 1 heterocycles. The normalized spacial score (nSPS) is 12.2. The van der Waals surface area contributed by atoms with Crippen LogP contribution in [0.2, 0.25) is 0 Å². The van der Waals surface area contributed by atoms with Gasteiger partial charge >= 0.3 is 12.0 Å². The average molecular weight is 433 g/mol. The van der Waals surface area contributed by atoms with Gasteiger partial charge in [0.25, 0.3) is 0 Å². The van der Waals surface area contributed by atoms with E-state index in [0.717, 1.165) is 11.1 Å². The first-order valence-electron chi connectivity index (χ1n) is 10.5. The molecule has 0 amide bonds. The molecule has 2 aromatic carbocycles. The first-order valence-corrected chi connectivity index (χ1v) is 10.5. The van der Waals surface area contributed by atoms with Crippen LogP contribution in [0.5, 0.6) is 6.01 Å². The first kappa shape index (κ1) is 23.2. The van der Waals surface area contributed by atoms with Crippen LogP contribution < -0.4 is 4.74 Å². The average Bonchev–Trinajstić information content (AvgIpc) is 2.79. The molecule has 6 nitrogen and oxygen atoms in total. The van der Waals surface area contributed by atoms with Crippen LogP contribution in [0.15, 0.2) is 79.4 Å². The summed E-state index contributed by atoms with van der Waals surface area (Å²) in [6.07, 6.45) is 1.08. The highest BCUT2D eigenvalue weighted by Crippen LogP contribution is 2.38. The summed E-state index contributed by atoms with van der Waals surface area (Å²) in [6, 6.07) is 20.7. The first-order chi connectivity index (χ1) is 15.5. The summed E-state index contributed by atoms with van der Waals surface area (Å²) in [4.78, 5) is 21.3. The molecule has 166 valence electrons. The number of carboxylic acid groups (broad SMARTS) is 1. The SMILES string of the molecule is C=CCCOCC(c1ccccc1)(c1ccccc1)C(Oc1nc(C)cc(C)n1)C(=O)O. The number of ether oxygens (including phenoxy) is 2. The fraction of sp³-hybridized carbons (Fsp3) is 0.269. The Morgan fingerprint density at radius 1 is 1.03 bits per heavy atom. The zero-order chi connectivity index (χ0) is 23.0. The van der Waals surface area contributed by atoms with Crippen molar-refractivity contribution >= 4 is 5.97 Å². The molecule has 3 rings (SSSR count). The minimum absolute atomic E-state index is 0.0252. The molecule has 0 saturated carbocycles. The van der Waals surface area contributed by atoms with Crippen LogP contribution >= 0.6 is 0 Å². The van der Waals surface area contributed by atoms with Crippen molar-refractivity contribution in [3.8, 4) is 6.01 Å². The molecule has 6 heteroatoms. The van der Waals surface area contributed by atoms with Crippen LogP contribution in [0.1, 0.15) is 28.9 Å². The number of hydrogen-bond acceptors (Lipinski definition) is 5. The summed E-state index contributed by atoms with van der Waals surface area (Å²) in [5, 5.41) is 10.4. The molecule has 0 spiro atoms. The van der Waals surface area contributed by atoms with Gasteiger partial charge in [0.2, 0.25) is 6.10 Å². The second kappa shape index (κ2) is 10.7. The van der Waals surface area contributed by atoms with Gasteiger partial charge in [0.15, 0.2) is 0 Å². The van der Waals surface area contributed by atoms with Crippen LogP contribution in [0.25, 0.3) is 0 Å². The Bertz CT molecular complexity index is 978. The standard InChI is InChI=1S/C26H28N2O4/c1-4-5-16-31-18-26(21-12-8-6-9-13-21,22-14-10-7-11-15-22)23(24(29)30)32-25-27-19(2)17-20(3)28-25/h4,6-15,17,23H,1,5,16,18H2,2-3H3,(H,29,30). The van der Waals surface area contributed by atoms with E-state index in [1.54, 1.807) is 6.08 Å². The van der Waals surface area contributed by atoms with Crippen LogP contribution in [0.3, 0.4) is 0 Å². The summed E-state index contributed by atoms with van der Waals surface area (Å²) in [6.45, 7) is 7.87. The fourth-order valence-corrected chi connectivity index (χ4v) is 3.80. The number of aryl methyl sites for hydroxylation is 2. The lowest BCUT2D eigenvalue weighted by Crippen LogP contribution is -2.52. The van der Waals surface area contributed by atoms with Crippen molar-refractivity contribution in [2.45, 2.75) is 31.8 Å². The molecule has 0 bridgehead atoms. The minimum atomic E-state index is -1.34. The van der Waals surface area contributed by atoms with E-state index < -0.39 is 17.5 Å². The predicted molar refractivity (Wildman–Crippen MR) is 123 cm³/mol. The summed E-state index contributed by atoms with van der Waals surface area (Å²) >= 11 is 0. The lowest BCUT2D eigenvalue weighted by Gasteiger charge is -2.39. The van der Waals surface area contributed by atoms with Gasteiger partial charge in [0.05, 0.1) is 18.6 Å². The van der Waals surface area contributed by atoms with Crippen molar-refractivity contribution in [2.75, 3.05) is 13.2 Å². The van der Waals surface area contributed by atoms with Crippen LogP contribution in [-0.2, 0) is 14.9 Å². The third-order valence-corrected chi connectivity index (χ3v) is 5.23. The number of aromatic nitrogens is 2. The monoisotopic (exact) mass is 432 g/mol. The smallest absolute Gasteiger partial charge is 0.346 e. The highest BCUT2D eigenvalue weighted by atomic mass is 16.5. The van der Waals surface area contributed by atoms with E-state index in [2.05, 4.69) is 16.5 Å². The van der Waals surface area contributed by atoms with Crippen molar-refractivity contribution in [1.82, 2.24) is 9.97 Å². The molecular weight excluding hydrogens is 404 g/mol. The molecule has 1 N–H and O–H groups in total. The molecule has 3 aromatic rings. The molecular formula is C26H28N2O4. The van der Waals surface area contributed by atoms with Gasteiger partial charge in [-0.3, -0.25) is 0 Å². The number of carbonyl (C=O) groups is 1. The summed E-state index contributed by atoms with van der Waals surface area (Å²) in [5.41, 5.74) is 1.78. The zero-order valence-electron chi connectivity index (χ0n) is 18.4. The molecule has 1 aromatic heterocycles. The van der Waals surface area contributed by atoms with Crippen LogP contribution in [-0.4, -0.2) is 40.4 Å². The number of benzene rings is 2. The summed E-state index contributed by atoms with van der Waals surface area (Å²) in [7, 11) is 0. The Morgan fingerprint density at radius 2 is 1.56 bits per heavy atom. The quantitative estimate of drug-likeness (QED) is 0.355. The van der Waals surface area contributed by atoms with E-state index in [-0.39, 0.29) is 12.6 Å². The minimum Gasteiger partial charge on any atom is -0.478 e. The van der Waals surface area contributed by atoms with E-state index in [1.165, 1.54) is 0 Å². The Kier molecular flexibility index (Phi) is 7.73. The molecule has 32 heavy (non-hydrogen) atoms. The molecule has 0 aliphatic carbocycles. The molecule has 0 radical (unpaired) electrons. The van der Waals surface area contributed by atoms with Crippen molar-refractivity contribution in [2.24, 2.45) is 0 Å². The second-order valence-electron chi connectivity index (χ2n) is 7.60. The van der Waals surface area contributed by atoms with E-state index in [0.29, 0.717) is 24.4 Å². The lowest BCUT2D eigenvalue weighted by atomic mass is 9.70. The van der Waals surface area contributed by atoms with E-state index >= 15 is 0 Å². The fourth-order valence-electron chi connectivity index (χ4n) is 3.80. The maximum absolute atomic E-state index is 12.7. The molecule has 0 aliphatic heterocycles. The molecule has 1 atom stereocenters. The van der Waals surface area contributed by atoms with Gasteiger partial charge in [0.1, 0.15) is 0 Å². The highest BCUT2D eigenvalue weighted by molar-refractivity contribution is 5.77. The van der Waals surface area contributed by atoms with E-state index in [1.807, 2.05) is 80.6 Å². The van der Waals surface area contributed by atoms with Crippen molar-refractivity contribution < 1.29 is 19.4 Å². The molecule has 0 aliphatic rings. The van der Waals surface area contributed by atoms with E-state index in [4.69, 9.17) is 9.47 Å². The highest BCUT2D eigenvalue weighted by Gasteiger charge is 2.49. The van der Waals surface area contributed by atoms with Gasteiger partial charge in [-0.05, 0) is 37.5 Å². The van der Waals surface area contributed by atoms with Gasteiger partial charge in [-0.1, -0.05) is 66.7 Å². The Hall–Kier alpha value is -3.51. The van der Waals surface area contributed by atoms with Gasteiger partial charge in [-0.2, -0.15) is 0 Å². The Balaban J connectivity index is 2.18. The van der Waals surface area contributed by atoms with Crippen molar-refractivity contribution in [3.05, 3.63) is 102 Å². The van der Waals surface area contributed by atoms with Gasteiger partial charge < -0.3 is 14.6 Å². The second-order valence-corrected chi connectivity index (χ2v) is 7.60. The Morgan fingerprint density at radius 3 is 2.03 bits per heavy atom. The van der Waals surface area contributed by atoms with Crippen LogP contribution in [0.4, 0.5) is 0 Å². The van der Waals surface area contributed by atoms with Crippen molar-refractivity contribution in [3.63, 3.8) is 0 Å². The zero-order valence-corrected chi connectivity index (χ0v) is 18.4. The van der Waals surface area contributed by atoms with Crippen molar-refractivity contribution in [1.29, 1.82) is 0 Å². The van der Waals surface area contributed by atoms with Gasteiger partial charge in [-0.15, -0.1) is 6.58 Å². The largest absolute Gasteiger partial charge is 0.478 e. The molecule has 0 fully saturated rings. The number of aliphatic carboxylic acids is 1. The number of hydrogen-bond donors (Lipinski definition) is 1. The maximum Gasteiger partial charge on any atom is 0.346 e. The van der Waals surface area contributed by atoms with Gasteiger partial charge in [0, 0.05) is 11.4 Å². The summed E-state index contributed by atoms with van der Waals surface area (Å²) in [5.74, 6) is -1.13. The summed E-state index contributed by atoms with van der Waals surface area (Å²) < 4.78 is 12.1. The lowest BCUT2D eigenvalue weighted by molar-refractivity contribution is -0.149. The van der Waals surface area contributed by atoms with Gasteiger partial charge in [-0.25, -0.2) is 14.8 Å². The maximum atomic E-state index is 12.7. The number of nitrogens with zero attached hydrogens (tertiary/aromatic N) is 2. The van der Waals surface area contributed by atoms with E-state index in [9.17, 15) is 9.90 Å². The topological polar surface area (TPSA) is 81.5 Å². The predicted octanol–water partition coefficient (Wildman–Crippen LogP) is 4.50. The number of carboxylic acids is 1. The molecule has 0 saturated heterocycles. The third-order valence-electron chi connectivity index (χ3n) is 5.23. The molecule has 1 unspecified atom stereocenters. The third kappa shape index (κ3) is 5.21. The number of rotatable bonds is 11. The van der Waals surface area contributed by atoms with Crippen LogP contribution in [0, 0.1) is 13.8 Å².